The van der Waals surface area contributed by atoms with Crippen LogP contribution in [0.1, 0.15) is 18.4 Å². The van der Waals surface area contributed by atoms with E-state index in [0.717, 1.165) is 30.8 Å². The Morgan fingerprint density at radius 1 is 1.20 bits per heavy atom. The second-order valence-electron chi connectivity index (χ2n) is 3.46. The molecule has 0 unspecified atom stereocenters. The van der Waals surface area contributed by atoms with E-state index < -0.39 is 0 Å². The van der Waals surface area contributed by atoms with Crippen molar-refractivity contribution in [1.82, 2.24) is 0 Å². The van der Waals surface area contributed by atoms with Gasteiger partial charge in [-0.2, -0.15) is 0 Å². The summed E-state index contributed by atoms with van der Waals surface area (Å²) in [6.07, 6.45) is 1.93. The number of unbranched alkanes of at least 4 members (excludes halogenated alkanes) is 1. The van der Waals surface area contributed by atoms with Gasteiger partial charge in [0.25, 0.3) is 0 Å². The fourth-order valence-electron chi connectivity index (χ4n) is 1.31. The average molecular weight is 212 g/mol. The molecule has 0 bridgehead atoms. The highest BCUT2D eigenvalue weighted by Crippen LogP contribution is 2.18. The fourth-order valence-corrected chi connectivity index (χ4v) is 1.31. The predicted molar refractivity (Wildman–Crippen MR) is 57.7 cm³/mol. The van der Waals surface area contributed by atoms with Crippen LogP contribution in [0, 0.1) is 12.7 Å². The highest BCUT2D eigenvalue weighted by atomic mass is 19.1. The molecule has 2 nitrogen and oxygen atoms in total. The summed E-state index contributed by atoms with van der Waals surface area (Å²) in [4.78, 5) is 0. The maximum absolute atomic E-state index is 12.8. The summed E-state index contributed by atoms with van der Waals surface area (Å²) in [6, 6.07) is 4.56. The average Bonchev–Trinajstić information content (AvgIpc) is 2.20. The molecule has 0 aliphatic heterocycles. The van der Waals surface area contributed by atoms with Crippen molar-refractivity contribution in [3.8, 4) is 5.75 Å². The summed E-state index contributed by atoms with van der Waals surface area (Å²) in [6.45, 7) is 3.25. The summed E-state index contributed by atoms with van der Waals surface area (Å²) < 4.78 is 23.2. The first-order chi connectivity index (χ1) is 7.24. The molecular weight excluding hydrogens is 195 g/mol. The minimum absolute atomic E-state index is 0.223. The second-order valence-corrected chi connectivity index (χ2v) is 3.46. The molecule has 0 aliphatic rings. The van der Waals surface area contributed by atoms with Gasteiger partial charge in [0, 0.05) is 13.7 Å². The Labute approximate surface area is 90.0 Å². The van der Waals surface area contributed by atoms with E-state index in [9.17, 15) is 4.39 Å². The molecule has 0 fully saturated rings. The van der Waals surface area contributed by atoms with E-state index in [1.165, 1.54) is 12.1 Å². The van der Waals surface area contributed by atoms with E-state index in [-0.39, 0.29) is 5.82 Å². The van der Waals surface area contributed by atoms with Gasteiger partial charge < -0.3 is 9.47 Å². The number of methoxy groups -OCH3 is 1. The third-order valence-corrected chi connectivity index (χ3v) is 2.14. The third kappa shape index (κ3) is 4.30. The van der Waals surface area contributed by atoms with Crippen molar-refractivity contribution in [2.24, 2.45) is 0 Å². The van der Waals surface area contributed by atoms with Gasteiger partial charge in [-0.1, -0.05) is 0 Å². The molecule has 1 rings (SSSR count). The first kappa shape index (κ1) is 12.0. The number of ether oxygens (including phenoxy) is 2. The summed E-state index contributed by atoms with van der Waals surface area (Å²) in [5, 5.41) is 0. The normalized spacial score (nSPS) is 10.3. The number of aryl methyl sites for hydroxylation is 1. The van der Waals surface area contributed by atoms with Crippen LogP contribution in [0.4, 0.5) is 4.39 Å². The number of halogens is 1. The zero-order valence-corrected chi connectivity index (χ0v) is 9.25. The lowest BCUT2D eigenvalue weighted by Crippen LogP contribution is -2.00. The quantitative estimate of drug-likeness (QED) is 0.675. The highest BCUT2D eigenvalue weighted by molar-refractivity contribution is 5.32. The Morgan fingerprint density at radius 3 is 2.60 bits per heavy atom. The summed E-state index contributed by atoms with van der Waals surface area (Å²) >= 11 is 0. The standard InChI is InChI=1S/C12H17FO2/c1-10-9-11(13)5-6-12(10)15-8-4-3-7-14-2/h5-6,9H,3-4,7-8H2,1-2H3. The van der Waals surface area contributed by atoms with Gasteiger partial charge in [0.2, 0.25) is 0 Å². The molecule has 0 spiro atoms. The molecule has 1 aromatic rings. The Balaban J connectivity index is 2.31. The third-order valence-electron chi connectivity index (χ3n) is 2.14. The fraction of sp³-hybridized carbons (Fsp3) is 0.500. The molecule has 0 atom stereocenters. The van der Waals surface area contributed by atoms with Crippen LogP contribution in [0.15, 0.2) is 18.2 Å². The molecule has 15 heavy (non-hydrogen) atoms. The minimum atomic E-state index is -0.223. The Morgan fingerprint density at radius 2 is 1.93 bits per heavy atom. The molecule has 0 saturated heterocycles. The summed E-state index contributed by atoms with van der Waals surface area (Å²) in [5.74, 6) is 0.535. The van der Waals surface area contributed by atoms with E-state index in [1.807, 2.05) is 6.92 Å². The number of hydrogen-bond acceptors (Lipinski definition) is 2. The van der Waals surface area contributed by atoms with Crippen molar-refractivity contribution < 1.29 is 13.9 Å². The Kier molecular flexibility index (Phi) is 5.12. The van der Waals surface area contributed by atoms with Gasteiger partial charge >= 0.3 is 0 Å². The highest BCUT2D eigenvalue weighted by Gasteiger charge is 2.00. The lowest BCUT2D eigenvalue weighted by molar-refractivity contribution is 0.184. The van der Waals surface area contributed by atoms with Crippen molar-refractivity contribution in [3.63, 3.8) is 0 Å². The Hall–Kier alpha value is -1.09. The second kappa shape index (κ2) is 6.40. The molecule has 0 heterocycles. The van der Waals surface area contributed by atoms with E-state index in [0.29, 0.717) is 6.61 Å². The van der Waals surface area contributed by atoms with Gasteiger partial charge in [0.05, 0.1) is 6.61 Å². The van der Waals surface area contributed by atoms with Gasteiger partial charge in [-0.3, -0.25) is 0 Å². The maximum atomic E-state index is 12.8. The van der Waals surface area contributed by atoms with E-state index in [2.05, 4.69) is 0 Å². The van der Waals surface area contributed by atoms with Crippen LogP contribution in [0.3, 0.4) is 0 Å². The molecule has 0 aliphatic carbocycles. The van der Waals surface area contributed by atoms with Crippen LogP contribution < -0.4 is 4.74 Å². The van der Waals surface area contributed by atoms with Crippen molar-refractivity contribution in [2.75, 3.05) is 20.3 Å². The molecular formula is C12H17FO2. The first-order valence-electron chi connectivity index (χ1n) is 5.12. The van der Waals surface area contributed by atoms with Crippen molar-refractivity contribution in [2.45, 2.75) is 19.8 Å². The molecule has 3 heteroatoms. The van der Waals surface area contributed by atoms with Crippen LogP contribution in [0.5, 0.6) is 5.75 Å². The molecule has 1 aromatic carbocycles. The SMILES string of the molecule is COCCCCOc1ccc(F)cc1C. The largest absolute Gasteiger partial charge is 0.493 e. The predicted octanol–water partition coefficient (Wildman–Crippen LogP) is 2.94. The topological polar surface area (TPSA) is 18.5 Å². The molecule has 0 radical (unpaired) electrons. The van der Waals surface area contributed by atoms with E-state index in [4.69, 9.17) is 9.47 Å². The first-order valence-corrected chi connectivity index (χ1v) is 5.12. The van der Waals surface area contributed by atoms with Crippen molar-refractivity contribution in [3.05, 3.63) is 29.6 Å². The number of rotatable bonds is 6. The smallest absolute Gasteiger partial charge is 0.123 e. The molecule has 84 valence electrons. The van der Waals surface area contributed by atoms with Crippen LogP contribution in [0.2, 0.25) is 0 Å². The molecule has 0 N–H and O–H groups in total. The number of benzene rings is 1. The van der Waals surface area contributed by atoms with Crippen LogP contribution in [-0.2, 0) is 4.74 Å². The van der Waals surface area contributed by atoms with Crippen LogP contribution in [-0.4, -0.2) is 20.3 Å². The summed E-state index contributed by atoms with van der Waals surface area (Å²) in [7, 11) is 1.69. The lowest BCUT2D eigenvalue weighted by atomic mass is 10.2. The maximum Gasteiger partial charge on any atom is 0.123 e. The Bertz CT molecular complexity index is 300. The van der Waals surface area contributed by atoms with Gasteiger partial charge in [-0.05, 0) is 43.5 Å². The monoisotopic (exact) mass is 212 g/mol. The number of hydrogen-bond donors (Lipinski definition) is 0. The van der Waals surface area contributed by atoms with Gasteiger partial charge in [-0.15, -0.1) is 0 Å². The minimum Gasteiger partial charge on any atom is -0.493 e. The molecule has 0 saturated carbocycles. The zero-order chi connectivity index (χ0) is 11.1. The van der Waals surface area contributed by atoms with Gasteiger partial charge in [0.1, 0.15) is 11.6 Å². The molecule has 0 amide bonds. The zero-order valence-electron chi connectivity index (χ0n) is 9.25. The van der Waals surface area contributed by atoms with E-state index >= 15 is 0 Å². The van der Waals surface area contributed by atoms with Crippen molar-refractivity contribution in [1.29, 1.82) is 0 Å². The van der Waals surface area contributed by atoms with Crippen molar-refractivity contribution >= 4 is 0 Å². The molecule has 0 aromatic heterocycles. The van der Waals surface area contributed by atoms with Crippen LogP contribution in [0.25, 0.3) is 0 Å². The lowest BCUT2D eigenvalue weighted by Gasteiger charge is -2.08. The van der Waals surface area contributed by atoms with Gasteiger partial charge in [0.15, 0.2) is 0 Å². The summed E-state index contributed by atoms with van der Waals surface area (Å²) in [5.41, 5.74) is 0.835. The van der Waals surface area contributed by atoms with E-state index in [1.54, 1.807) is 13.2 Å². The van der Waals surface area contributed by atoms with Gasteiger partial charge in [-0.25, -0.2) is 4.39 Å². The van der Waals surface area contributed by atoms with Crippen LogP contribution >= 0.6 is 0 Å².